The average molecular weight is 230 g/mol. The average Bonchev–Trinajstić information content (AvgIpc) is 2.25. The summed E-state index contributed by atoms with van der Waals surface area (Å²) < 4.78 is 4.91. The molecule has 84 valence electrons. The number of nitrogens with one attached hydrogen (secondary N) is 2. The van der Waals surface area contributed by atoms with Gasteiger partial charge in [0, 0.05) is 39.1 Å². The van der Waals surface area contributed by atoms with Crippen LogP contribution in [0.25, 0.3) is 0 Å². The highest BCUT2D eigenvalue weighted by molar-refractivity contribution is 6.33. The standard InChI is InChI=1S/C10H16ClN3O/c1-15-7-6-12-4-5-14-10-2-3-13-8-9(10)11/h2-3,8,12H,4-7H2,1H3,(H,13,14). The molecule has 0 aliphatic heterocycles. The minimum absolute atomic E-state index is 0.648. The highest BCUT2D eigenvalue weighted by atomic mass is 35.5. The molecular formula is C10H16ClN3O. The summed E-state index contributed by atoms with van der Waals surface area (Å²) in [5.74, 6) is 0. The highest BCUT2D eigenvalue weighted by Crippen LogP contribution is 2.18. The predicted molar refractivity (Wildman–Crippen MR) is 62.5 cm³/mol. The largest absolute Gasteiger partial charge is 0.383 e. The lowest BCUT2D eigenvalue weighted by Gasteiger charge is -2.08. The van der Waals surface area contributed by atoms with E-state index in [1.54, 1.807) is 19.5 Å². The Morgan fingerprint density at radius 3 is 3.00 bits per heavy atom. The lowest BCUT2D eigenvalue weighted by molar-refractivity contribution is 0.200. The number of nitrogens with zero attached hydrogens (tertiary/aromatic N) is 1. The molecule has 1 rings (SSSR count). The fourth-order valence-corrected chi connectivity index (χ4v) is 1.29. The molecular weight excluding hydrogens is 214 g/mol. The molecule has 0 bridgehead atoms. The van der Waals surface area contributed by atoms with Crippen molar-refractivity contribution in [2.24, 2.45) is 0 Å². The number of pyridine rings is 1. The van der Waals surface area contributed by atoms with Gasteiger partial charge in [-0.1, -0.05) is 11.6 Å². The summed E-state index contributed by atoms with van der Waals surface area (Å²) in [6.07, 6.45) is 3.34. The monoisotopic (exact) mass is 229 g/mol. The van der Waals surface area contributed by atoms with E-state index >= 15 is 0 Å². The Morgan fingerprint density at radius 1 is 1.40 bits per heavy atom. The van der Waals surface area contributed by atoms with Crippen LogP contribution in [0, 0.1) is 0 Å². The fourth-order valence-electron chi connectivity index (χ4n) is 1.10. The van der Waals surface area contributed by atoms with Crippen LogP contribution in [0.4, 0.5) is 5.69 Å². The zero-order valence-electron chi connectivity index (χ0n) is 8.79. The molecule has 0 saturated carbocycles. The molecule has 0 unspecified atom stereocenters. The Morgan fingerprint density at radius 2 is 2.27 bits per heavy atom. The summed E-state index contributed by atoms with van der Waals surface area (Å²) in [4.78, 5) is 3.91. The van der Waals surface area contributed by atoms with Crippen molar-refractivity contribution in [3.63, 3.8) is 0 Å². The second-order valence-corrected chi connectivity index (χ2v) is 3.43. The van der Waals surface area contributed by atoms with E-state index in [4.69, 9.17) is 16.3 Å². The highest BCUT2D eigenvalue weighted by Gasteiger charge is 1.96. The van der Waals surface area contributed by atoms with Crippen molar-refractivity contribution in [2.45, 2.75) is 0 Å². The lowest BCUT2D eigenvalue weighted by Crippen LogP contribution is -2.25. The molecule has 0 aliphatic carbocycles. The third kappa shape index (κ3) is 4.97. The van der Waals surface area contributed by atoms with Crippen molar-refractivity contribution in [3.8, 4) is 0 Å². The number of hydrogen-bond acceptors (Lipinski definition) is 4. The van der Waals surface area contributed by atoms with Crippen molar-refractivity contribution in [3.05, 3.63) is 23.5 Å². The first-order chi connectivity index (χ1) is 7.34. The maximum absolute atomic E-state index is 5.92. The first kappa shape index (κ1) is 12.2. The van der Waals surface area contributed by atoms with Crippen LogP contribution in [0.3, 0.4) is 0 Å². The second-order valence-electron chi connectivity index (χ2n) is 3.03. The van der Waals surface area contributed by atoms with E-state index in [1.807, 2.05) is 6.07 Å². The summed E-state index contributed by atoms with van der Waals surface area (Å²) in [5.41, 5.74) is 0.917. The Kier molecular flexibility index (Phi) is 6.08. The maximum Gasteiger partial charge on any atom is 0.0820 e. The Balaban J connectivity index is 2.12. The number of halogens is 1. The van der Waals surface area contributed by atoms with Crippen LogP contribution >= 0.6 is 11.6 Å². The van der Waals surface area contributed by atoms with Crippen LogP contribution in [0.1, 0.15) is 0 Å². The second kappa shape index (κ2) is 7.45. The van der Waals surface area contributed by atoms with Crippen LogP contribution in [-0.4, -0.2) is 38.3 Å². The first-order valence-corrected chi connectivity index (χ1v) is 5.25. The van der Waals surface area contributed by atoms with Gasteiger partial charge in [-0.2, -0.15) is 0 Å². The molecule has 1 aromatic heterocycles. The van der Waals surface area contributed by atoms with Gasteiger partial charge in [-0.3, -0.25) is 4.98 Å². The van der Waals surface area contributed by atoms with Gasteiger partial charge < -0.3 is 15.4 Å². The van der Waals surface area contributed by atoms with Gasteiger partial charge in [-0.05, 0) is 6.07 Å². The molecule has 0 amide bonds. The minimum Gasteiger partial charge on any atom is -0.383 e. The van der Waals surface area contributed by atoms with Gasteiger partial charge in [0.2, 0.25) is 0 Å². The quantitative estimate of drug-likeness (QED) is 0.694. The number of hydrogen-bond donors (Lipinski definition) is 2. The van der Waals surface area contributed by atoms with Gasteiger partial charge in [-0.15, -0.1) is 0 Å². The molecule has 4 nitrogen and oxygen atoms in total. The Bertz CT molecular complexity index is 283. The molecule has 0 atom stereocenters. The summed E-state index contributed by atoms with van der Waals surface area (Å²) in [6, 6.07) is 1.86. The lowest BCUT2D eigenvalue weighted by atomic mass is 10.4. The van der Waals surface area contributed by atoms with Crippen molar-refractivity contribution >= 4 is 17.3 Å². The summed E-state index contributed by atoms with van der Waals surface area (Å²) >= 11 is 5.92. The van der Waals surface area contributed by atoms with Crippen molar-refractivity contribution in [1.29, 1.82) is 0 Å². The van der Waals surface area contributed by atoms with Gasteiger partial charge in [-0.25, -0.2) is 0 Å². The van der Waals surface area contributed by atoms with E-state index in [1.165, 1.54) is 0 Å². The van der Waals surface area contributed by atoms with Crippen LogP contribution in [0.15, 0.2) is 18.5 Å². The molecule has 0 aromatic carbocycles. The van der Waals surface area contributed by atoms with Crippen molar-refractivity contribution in [1.82, 2.24) is 10.3 Å². The van der Waals surface area contributed by atoms with Gasteiger partial charge >= 0.3 is 0 Å². The van der Waals surface area contributed by atoms with Crippen molar-refractivity contribution < 1.29 is 4.74 Å². The van der Waals surface area contributed by atoms with Crippen molar-refractivity contribution in [2.75, 3.05) is 38.7 Å². The predicted octanol–water partition coefficient (Wildman–Crippen LogP) is 1.38. The third-order valence-corrected chi connectivity index (χ3v) is 2.17. The van der Waals surface area contributed by atoms with E-state index < -0.39 is 0 Å². The smallest absolute Gasteiger partial charge is 0.0820 e. The van der Waals surface area contributed by atoms with Crippen LogP contribution in [0.2, 0.25) is 5.02 Å². The van der Waals surface area contributed by atoms with Gasteiger partial charge in [0.15, 0.2) is 0 Å². The minimum atomic E-state index is 0.648. The molecule has 0 radical (unpaired) electrons. The molecule has 0 saturated heterocycles. The number of ether oxygens (including phenoxy) is 1. The SMILES string of the molecule is COCCNCCNc1ccncc1Cl. The summed E-state index contributed by atoms with van der Waals surface area (Å²) in [6.45, 7) is 3.30. The van der Waals surface area contributed by atoms with Gasteiger partial charge in [0.05, 0.1) is 17.3 Å². The van der Waals surface area contributed by atoms with E-state index in [2.05, 4.69) is 15.6 Å². The molecule has 2 N–H and O–H groups in total. The third-order valence-electron chi connectivity index (χ3n) is 1.87. The van der Waals surface area contributed by atoms with Crippen LogP contribution < -0.4 is 10.6 Å². The molecule has 5 heteroatoms. The number of rotatable bonds is 7. The first-order valence-electron chi connectivity index (χ1n) is 4.87. The number of aromatic nitrogens is 1. The van der Waals surface area contributed by atoms with E-state index in [0.29, 0.717) is 5.02 Å². The number of anilines is 1. The van der Waals surface area contributed by atoms with Crippen LogP contribution in [-0.2, 0) is 4.74 Å². The zero-order valence-corrected chi connectivity index (χ0v) is 9.55. The molecule has 1 heterocycles. The molecule has 15 heavy (non-hydrogen) atoms. The van der Waals surface area contributed by atoms with Gasteiger partial charge in [0.25, 0.3) is 0 Å². The fraction of sp³-hybridized carbons (Fsp3) is 0.500. The summed E-state index contributed by atoms with van der Waals surface area (Å²) in [5, 5.41) is 7.09. The van der Waals surface area contributed by atoms with Crippen LogP contribution in [0.5, 0.6) is 0 Å². The van der Waals surface area contributed by atoms with E-state index in [-0.39, 0.29) is 0 Å². The normalized spacial score (nSPS) is 10.3. The van der Waals surface area contributed by atoms with Gasteiger partial charge in [0.1, 0.15) is 0 Å². The molecule has 0 aliphatic rings. The Labute approximate surface area is 95.0 Å². The topological polar surface area (TPSA) is 46.2 Å². The maximum atomic E-state index is 5.92. The molecule has 0 spiro atoms. The van der Waals surface area contributed by atoms with E-state index in [9.17, 15) is 0 Å². The number of methoxy groups -OCH3 is 1. The van der Waals surface area contributed by atoms with E-state index in [0.717, 1.165) is 31.9 Å². The zero-order chi connectivity index (χ0) is 10.9. The molecule has 0 fully saturated rings. The summed E-state index contributed by atoms with van der Waals surface area (Å²) in [7, 11) is 1.69. The molecule has 1 aromatic rings. The Hall–Kier alpha value is -0.840.